The average Bonchev–Trinajstić information content (AvgIpc) is 2.28. The zero-order chi connectivity index (χ0) is 11.8. The highest BCUT2D eigenvalue weighted by atomic mass is 16.4. The minimum Gasteiger partial charge on any atom is -0.480 e. The number of hydrogen-bond acceptors (Lipinski definition) is 4. The Morgan fingerprint density at radius 3 is 2.94 bits per heavy atom. The normalized spacial score (nSPS) is 10.2. The molecule has 0 bridgehead atoms. The molecule has 2 N–H and O–H groups in total. The fourth-order valence-corrected chi connectivity index (χ4v) is 0.905. The number of carbonyl (C=O) groups excluding carboxylic acids is 1. The van der Waals surface area contributed by atoms with Gasteiger partial charge in [-0.2, -0.15) is 0 Å². The van der Waals surface area contributed by atoms with Gasteiger partial charge in [0.2, 0.25) is 5.91 Å². The molecule has 0 aliphatic heterocycles. The van der Waals surface area contributed by atoms with E-state index in [-0.39, 0.29) is 6.54 Å². The van der Waals surface area contributed by atoms with Crippen LogP contribution in [0.5, 0.6) is 0 Å². The van der Waals surface area contributed by atoms with Gasteiger partial charge in [0.1, 0.15) is 13.1 Å². The fraction of sp³-hybridized carbons (Fsp3) is 0.200. The molecule has 0 radical (unpaired) electrons. The van der Waals surface area contributed by atoms with Crippen LogP contribution >= 0.6 is 0 Å². The van der Waals surface area contributed by atoms with Crippen LogP contribution < -0.4 is 5.32 Å². The summed E-state index contributed by atoms with van der Waals surface area (Å²) >= 11 is 0. The van der Waals surface area contributed by atoms with E-state index < -0.39 is 18.4 Å². The number of carboxylic acids is 1. The van der Waals surface area contributed by atoms with Gasteiger partial charge in [-0.05, 0) is 12.1 Å². The van der Waals surface area contributed by atoms with E-state index in [4.69, 9.17) is 5.11 Å². The first-order valence-corrected chi connectivity index (χ1v) is 4.58. The molecule has 0 aliphatic carbocycles. The average molecular weight is 221 g/mol. The Labute approximate surface area is 92.0 Å². The lowest BCUT2D eigenvalue weighted by Crippen LogP contribution is -2.30. The van der Waals surface area contributed by atoms with Gasteiger partial charge in [0.15, 0.2) is 0 Å². The van der Waals surface area contributed by atoms with Crippen LogP contribution in [0.25, 0.3) is 0 Å². The highest BCUT2D eigenvalue weighted by Gasteiger charge is 2.01. The molecule has 0 aliphatic rings. The zero-order valence-electron chi connectivity index (χ0n) is 8.46. The smallest absolute Gasteiger partial charge is 0.322 e. The van der Waals surface area contributed by atoms with Crippen molar-refractivity contribution < 1.29 is 14.7 Å². The Hall–Kier alpha value is -2.24. The summed E-state index contributed by atoms with van der Waals surface area (Å²) in [6.07, 6.45) is 3.08. The Kier molecular flexibility index (Phi) is 4.65. The number of pyridine rings is 1. The molecule has 0 saturated carbocycles. The van der Waals surface area contributed by atoms with Crippen molar-refractivity contribution in [1.82, 2.24) is 10.3 Å². The first-order chi connectivity index (χ1) is 7.68. The first-order valence-electron chi connectivity index (χ1n) is 4.58. The van der Waals surface area contributed by atoms with Crippen molar-refractivity contribution in [3.8, 4) is 0 Å². The Balaban J connectivity index is 2.32. The van der Waals surface area contributed by atoms with Crippen LogP contribution in [0.3, 0.4) is 0 Å². The van der Waals surface area contributed by atoms with Crippen molar-refractivity contribution >= 4 is 18.1 Å². The van der Waals surface area contributed by atoms with E-state index in [1.54, 1.807) is 24.4 Å². The standard InChI is InChI=1S/C10H11N3O3/c14-9(13-7-10(15)16)6-11-5-8-3-1-2-4-12-8/h1-5H,6-7H2,(H,13,14)(H,15,16). The lowest BCUT2D eigenvalue weighted by Gasteiger charge is -1.97. The van der Waals surface area contributed by atoms with Crippen LogP contribution in [0, 0.1) is 0 Å². The molecule has 0 fully saturated rings. The summed E-state index contributed by atoms with van der Waals surface area (Å²) < 4.78 is 0. The highest BCUT2D eigenvalue weighted by molar-refractivity contribution is 5.85. The Morgan fingerprint density at radius 2 is 2.31 bits per heavy atom. The molecule has 84 valence electrons. The van der Waals surface area contributed by atoms with Crippen LogP contribution in [0.2, 0.25) is 0 Å². The van der Waals surface area contributed by atoms with Crippen molar-refractivity contribution in [3.63, 3.8) is 0 Å². The predicted molar refractivity (Wildman–Crippen MR) is 57.3 cm³/mol. The van der Waals surface area contributed by atoms with Gasteiger partial charge in [-0.1, -0.05) is 6.07 Å². The minimum absolute atomic E-state index is 0.107. The first kappa shape index (κ1) is 11.8. The van der Waals surface area contributed by atoms with Crippen molar-refractivity contribution in [3.05, 3.63) is 30.1 Å². The Morgan fingerprint density at radius 1 is 1.50 bits per heavy atom. The molecule has 0 saturated heterocycles. The number of carbonyl (C=O) groups is 2. The summed E-state index contributed by atoms with van der Waals surface area (Å²) in [6.45, 7) is -0.498. The molecule has 1 aromatic heterocycles. The molecule has 16 heavy (non-hydrogen) atoms. The quantitative estimate of drug-likeness (QED) is 0.668. The maximum atomic E-state index is 11.0. The van der Waals surface area contributed by atoms with Crippen molar-refractivity contribution in [2.24, 2.45) is 4.99 Å². The second-order valence-electron chi connectivity index (χ2n) is 2.89. The molecule has 1 amide bonds. The molecular weight excluding hydrogens is 210 g/mol. The number of carboxylic acid groups (broad SMARTS) is 1. The van der Waals surface area contributed by atoms with Gasteiger partial charge in [0.05, 0.1) is 5.69 Å². The van der Waals surface area contributed by atoms with Crippen LogP contribution in [0.4, 0.5) is 0 Å². The summed E-state index contributed by atoms with van der Waals surface area (Å²) in [7, 11) is 0. The summed E-state index contributed by atoms with van der Waals surface area (Å²) in [5.41, 5.74) is 0.647. The number of aromatic nitrogens is 1. The summed E-state index contributed by atoms with van der Waals surface area (Å²) in [4.78, 5) is 29.0. The number of aliphatic carboxylic acids is 1. The van der Waals surface area contributed by atoms with E-state index in [0.29, 0.717) is 5.69 Å². The molecule has 0 aromatic carbocycles. The van der Waals surface area contributed by atoms with E-state index in [2.05, 4.69) is 15.3 Å². The fourth-order valence-electron chi connectivity index (χ4n) is 0.905. The number of aliphatic imine (C=N–C) groups is 1. The number of nitrogens with zero attached hydrogens (tertiary/aromatic N) is 2. The third-order valence-electron chi connectivity index (χ3n) is 1.58. The summed E-state index contributed by atoms with van der Waals surface area (Å²) in [5, 5.41) is 10.5. The van der Waals surface area contributed by atoms with Crippen LogP contribution in [-0.2, 0) is 9.59 Å². The summed E-state index contributed by atoms with van der Waals surface area (Å²) in [5.74, 6) is -1.52. The van der Waals surface area contributed by atoms with Crippen molar-refractivity contribution in [2.45, 2.75) is 0 Å². The second-order valence-corrected chi connectivity index (χ2v) is 2.89. The van der Waals surface area contributed by atoms with Gasteiger partial charge < -0.3 is 10.4 Å². The van der Waals surface area contributed by atoms with Gasteiger partial charge in [-0.3, -0.25) is 19.6 Å². The molecule has 0 spiro atoms. The largest absolute Gasteiger partial charge is 0.480 e. The van der Waals surface area contributed by atoms with Gasteiger partial charge >= 0.3 is 5.97 Å². The SMILES string of the molecule is O=C(O)CNC(=O)CN=Cc1ccccn1. The monoisotopic (exact) mass is 221 g/mol. The third kappa shape index (κ3) is 4.85. The second kappa shape index (κ2) is 6.28. The number of hydrogen-bond donors (Lipinski definition) is 2. The molecule has 6 nitrogen and oxygen atoms in total. The Bertz CT molecular complexity index is 390. The molecule has 1 aromatic rings. The van der Waals surface area contributed by atoms with Crippen molar-refractivity contribution in [2.75, 3.05) is 13.1 Å². The van der Waals surface area contributed by atoms with Crippen molar-refractivity contribution in [1.29, 1.82) is 0 Å². The van der Waals surface area contributed by atoms with E-state index in [1.807, 2.05) is 0 Å². The molecule has 0 atom stereocenters. The van der Waals surface area contributed by atoms with Gasteiger partial charge in [-0.25, -0.2) is 0 Å². The number of amides is 1. The topological polar surface area (TPSA) is 91.7 Å². The van der Waals surface area contributed by atoms with Gasteiger partial charge in [0, 0.05) is 12.4 Å². The summed E-state index contributed by atoms with van der Waals surface area (Å²) in [6, 6.07) is 5.33. The number of rotatable bonds is 5. The van der Waals surface area contributed by atoms with Crippen LogP contribution in [0.1, 0.15) is 5.69 Å². The van der Waals surface area contributed by atoms with E-state index in [0.717, 1.165) is 0 Å². The minimum atomic E-state index is -1.08. The van der Waals surface area contributed by atoms with E-state index in [9.17, 15) is 9.59 Å². The molecule has 1 rings (SSSR count). The molecule has 0 unspecified atom stereocenters. The molecule has 1 heterocycles. The lowest BCUT2D eigenvalue weighted by molar-refractivity contribution is -0.137. The zero-order valence-corrected chi connectivity index (χ0v) is 8.46. The van der Waals surface area contributed by atoms with Crippen LogP contribution in [-0.4, -0.2) is 41.3 Å². The van der Waals surface area contributed by atoms with Gasteiger partial charge in [0.25, 0.3) is 0 Å². The van der Waals surface area contributed by atoms with E-state index >= 15 is 0 Å². The molecular formula is C10H11N3O3. The maximum Gasteiger partial charge on any atom is 0.322 e. The molecule has 6 heteroatoms. The lowest BCUT2D eigenvalue weighted by atomic mass is 10.4. The predicted octanol–water partition coefficient (Wildman–Crippen LogP) is -0.299. The van der Waals surface area contributed by atoms with Crippen LogP contribution in [0.15, 0.2) is 29.4 Å². The van der Waals surface area contributed by atoms with E-state index in [1.165, 1.54) is 6.21 Å². The third-order valence-corrected chi connectivity index (χ3v) is 1.58. The highest BCUT2D eigenvalue weighted by Crippen LogP contribution is 1.88. The number of nitrogens with one attached hydrogen (secondary N) is 1. The van der Waals surface area contributed by atoms with Gasteiger partial charge in [-0.15, -0.1) is 0 Å². The maximum absolute atomic E-state index is 11.0.